The molecule has 1 heterocycles. The molecule has 0 fully saturated rings. The Labute approximate surface area is 112 Å². The Morgan fingerprint density at radius 3 is 2.63 bits per heavy atom. The number of carbonyl (C=O) groups excluding carboxylic acids is 1. The van der Waals surface area contributed by atoms with Gasteiger partial charge < -0.3 is 14.1 Å². The van der Waals surface area contributed by atoms with Gasteiger partial charge in [0.15, 0.2) is 0 Å². The smallest absolute Gasteiger partial charge is 0.410 e. The molecule has 0 atom stereocenters. The number of furan rings is 1. The van der Waals surface area contributed by atoms with Crippen molar-refractivity contribution in [1.82, 2.24) is 4.90 Å². The van der Waals surface area contributed by atoms with Gasteiger partial charge in [-0.2, -0.15) is 0 Å². The molecule has 0 bridgehead atoms. The first kappa shape index (κ1) is 13.2. The molecule has 1 amide bonds. The van der Waals surface area contributed by atoms with Gasteiger partial charge in [0, 0.05) is 7.05 Å². The van der Waals surface area contributed by atoms with Crippen LogP contribution in [0.2, 0.25) is 0 Å². The van der Waals surface area contributed by atoms with Gasteiger partial charge in [-0.05, 0) is 24.1 Å². The van der Waals surface area contributed by atoms with Crippen LogP contribution in [0.3, 0.4) is 0 Å². The lowest BCUT2D eigenvalue weighted by molar-refractivity contribution is 0.100. The minimum atomic E-state index is -0.361. The maximum absolute atomic E-state index is 11.8. The lowest BCUT2D eigenvalue weighted by Crippen LogP contribution is -2.26. The third kappa shape index (κ3) is 3.61. The highest BCUT2D eigenvalue weighted by atomic mass is 16.6. The van der Waals surface area contributed by atoms with E-state index in [-0.39, 0.29) is 12.7 Å². The number of nitrogens with zero attached hydrogens (tertiary/aromatic N) is 1. The Morgan fingerprint density at radius 1 is 1.26 bits per heavy atom. The molecule has 0 saturated carbocycles. The van der Waals surface area contributed by atoms with Crippen LogP contribution in [0.5, 0.6) is 0 Å². The predicted octanol–water partition coefficient (Wildman–Crippen LogP) is 3.36. The van der Waals surface area contributed by atoms with Gasteiger partial charge >= 0.3 is 6.09 Å². The summed E-state index contributed by atoms with van der Waals surface area (Å²) in [6.07, 6.45) is 1.26. The van der Waals surface area contributed by atoms with Gasteiger partial charge in [-0.25, -0.2) is 4.79 Å². The molecule has 0 unspecified atom stereocenters. The zero-order valence-electron chi connectivity index (χ0n) is 11.1. The third-order valence-corrected chi connectivity index (χ3v) is 2.87. The fourth-order valence-corrected chi connectivity index (χ4v) is 1.68. The lowest BCUT2D eigenvalue weighted by Gasteiger charge is -2.16. The molecule has 0 aliphatic rings. The summed E-state index contributed by atoms with van der Waals surface area (Å²) in [5.74, 6) is 0.777. The van der Waals surface area contributed by atoms with Crippen molar-refractivity contribution in [2.45, 2.75) is 20.1 Å². The van der Waals surface area contributed by atoms with Crippen molar-refractivity contribution in [3.8, 4) is 0 Å². The quantitative estimate of drug-likeness (QED) is 0.845. The first-order valence-electron chi connectivity index (χ1n) is 6.11. The molecule has 4 nitrogen and oxygen atoms in total. The van der Waals surface area contributed by atoms with Crippen molar-refractivity contribution in [2.75, 3.05) is 7.05 Å². The third-order valence-electron chi connectivity index (χ3n) is 2.87. The zero-order chi connectivity index (χ0) is 13.7. The molecule has 0 saturated heterocycles. The Bertz CT molecular complexity index is 533. The molecule has 0 aliphatic carbocycles. The van der Waals surface area contributed by atoms with Gasteiger partial charge in [-0.15, -0.1) is 0 Å². The largest absolute Gasteiger partial charge is 0.467 e. The van der Waals surface area contributed by atoms with E-state index in [1.54, 1.807) is 13.3 Å². The van der Waals surface area contributed by atoms with Crippen molar-refractivity contribution in [3.63, 3.8) is 0 Å². The summed E-state index contributed by atoms with van der Waals surface area (Å²) in [5.41, 5.74) is 2.00. The van der Waals surface area contributed by atoms with Gasteiger partial charge in [0.1, 0.15) is 12.4 Å². The topological polar surface area (TPSA) is 42.7 Å². The first-order valence-corrected chi connectivity index (χ1v) is 6.11. The van der Waals surface area contributed by atoms with Crippen molar-refractivity contribution >= 4 is 6.09 Å². The normalized spacial score (nSPS) is 10.2. The van der Waals surface area contributed by atoms with E-state index in [9.17, 15) is 4.79 Å². The van der Waals surface area contributed by atoms with Crippen LogP contribution in [-0.4, -0.2) is 18.0 Å². The fraction of sp³-hybridized carbons (Fsp3) is 0.267. The lowest BCUT2D eigenvalue weighted by atomic mass is 10.2. The molecule has 0 aliphatic heterocycles. The average Bonchev–Trinajstić information content (AvgIpc) is 2.82. The molecular weight excluding hydrogens is 242 g/mol. The van der Waals surface area contributed by atoms with E-state index in [1.165, 1.54) is 4.90 Å². The Hall–Kier alpha value is -2.23. The van der Waals surface area contributed by atoms with E-state index in [0.29, 0.717) is 6.54 Å². The Morgan fingerprint density at radius 2 is 2.00 bits per heavy atom. The van der Waals surface area contributed by atoms with Crippen LogP contribution in [-0.2, 0) is 17.9 Å². The number of ether oxygens (including phenoxy) is 1. The van der Waals surface area contributed by atoms with E-state index >= 15 is 0 Å². The number of benzene rings is 1. The Kier molecular flexibility index (Phi) is 4.23. The monoisotopic (exact) mass is 259 g/mol. The summed E-state index contributed by atoms with van der Waals surface area (Å²) >= 11 is 0. The maximum atomic E-state index is 11.8. The van der Waals surface area contributed by atoms with Crippen LogP contribution in [0.15, 0.2) is 47.1 Å². The summed E-state index contributed by atoms with van der Waals surface area (Å²) in [6.45, 7) is 2.63. The molecule has 0 spiro atoms. The van der Waals surface area contributed by atoms with E-state index in [2.05, 4.69) is 0 Å². The molecule has 1 aromatic carbocycles. The highest BCUT2D eigenvalue weighted by molar-refractivity contribution is 5.67. The highest BCUT2D eigenvalue weighted by Gasteiger charge is 2.13. The number of rotatable bonds is 4. The van der Waals surface area contributed by atoms with E-state index in [4.69, 9.17) is 9.15 Å². The second kappa shape index (κ2) is 6.09. The molecule has 19 heavy (non-hydrogen) atoms. The second-order valence-corrected chi connectivity index (χ2v) is 4.42. The number of carbonyl (C=O) groups is 1. The molecule has 0 N–H and O–H groups in total. The van der Waals surface area contributed by atoms with Crippen LogP contribution in [0.25, 0.3) is 0 Å². The summed E-state index contributed by atoms with van der Waals surface area (Å²) in [6, 6.07) is 11.5. The fourth-order valence-electron chi connectivity index (χ4n) is 1.68. The van der Waals surface area contributed by atoms with Crippen LogP contribution in [0, 0.1) is 6.92 Å². The van der Waals surface area contributed by atoms with Gasteiger partial charge in [0.25, 0.3) is 0 Å². The molecule has 1 aromatic heterocycles. The van der Waals surface area contributed by atoms with Crippen molar-refractivity contribution < 1.29 is 13.9 Å². The molecule has 100 valence electrons. The van der Waals surface area contributed by atoms with E-state index < -0.39 is 0 Å². The number of amides is 1. The van der Waals surface area contributed by atoms with Crippen LogP contribution >= 0.6 is 0 Å². The minimum absolute atomic E-state index is 0.279. The minimum Gasteiger partial charge on any atom is -0.467 e. The van der Waals surface area contributed by atoms with E-state index in [0.717, 1.165) is 16.9 Å². The number of hydrogen-bond donors (Lipinski definition) is 0. The summed E-state index contributed by atoms with van der Waals surface area (Å²) in [4.78, 5) is 13.3. The summed E-state index contributed by atoms with van der Waals surface area (Å²) in [5, 5.41) is 0. The summed E-state index contributed by atoms with van der Waals surface area (Å²) in [7, 11) is 1.69. The molecule has 2 aromatic rings. The molecular formula is C15H17NO3. The van der Waals surface area contributed by atoms with Crippen molar-refractivity contribution in [3.05, 3.63) is 59.5 Å². The van der Waals surface area contributed by atoms with Gasteiger partial charge in [0.2, 0.25) is 0 Å². The highest BCUT2D eigenvalue weighted by Crippen LogP contribution is 2.12. The molecule has 4 heteroatoms. The second-order valence-electron chi connectivity index (χ2n) is 4.42. The first-order chi connectivity index (χ1) is 9.16. The van der Waals surface area contributed by atoms with Crippen molar-refractivity contribution in [2.24, 2.45) is 0 Å². The van der Waals surface area contributed by atoms with Crippen LogP contribution in [0.4, 0.5) is 4.79 Å². The summed E-state index contributed by atoms with van der Waals surface area (Å²) < 4.78 is 10.5. The SMILES string of the molecule is Cc1ccoc1CN(C)C(=O)OCc1ccccc1. The average molecular weight is 259 g/mol. The zero-order valence-corrected chi connectivity index (χ0v) is 11.1. The van der Waals surface area contributed by atoms with Crippen LogP contribution in [0.1, 0.15) is 16.9 Å². The standard InChI is InChI=1S/C15H17NO3/c1-12-8-9-18-14(12)10-16(2)15(17)19-11-13-6-4-3-5-7-13/h3-9H,10-11H2,1-2H3. The van der Waals surface area contributed by atoms with Gasteiger partial charge in [-0.1, -0.05) is 30.3 Å². The van der Waals surface area contributed by atoms with Crippen molar-refractivity contribution in [1.29, 1.82) is 0 Å². The molecule has 2 rings (SSSR count). The number of aryl methyl sites for hydroxylation is 1. The Balaban J connectivity index is 1.84. The predicted molar refractivity (Wildman–Crippen MR) is 71.5 cm³/mol. The molecule has 0 radical (unpaired) electrons. The van der Waals surface area contributed by atoms with Gasteiger partial charge in [0.05, 0.1) is 12.8 Å². The number of hydrogen-bond acceptors (Lipinski definition) is 3. The van der Waals surface area contributed by atoms with Crippen LogP contribution < -0.4 is 0 Å². The maximum Gasteiger partial charge on any atom is 0.410 e. The van der Waals surface area contributed by atoms with E-state index in [1.807, 2.05) is 43.3 Å². The van der Waals surface area contributed by atoms with Gasteiger partial charge in [-0.3, -0.25) is 0 Å².